The number of amides is 1. The van der Waals surface area contributed by atoms with Crippen molar-refractivity contribution >= 4 is 35.0 Å². The van der Waals surface area contributed by atoms with Crippen molar-refractivity contribution < 1.29 is 4.79 Å². The van der Waals surface area contributed by atoms with E-state index < -0.39 is 0 Å². The van der Waals surface area contributed by atoms with E-state index >= 15 is 0 Å². The molecule has 1 saturated heterocycles. The van der Waals surface area contributed by atoms with Crippen molar-refractivity contribution in [1.82, 2.24) is 20.1 Å². The lowest BCUT2D eigenvalue weighted by Crippen LogP contribution is -2.46. The maximum atomic E-state index is 12.3. The Balaban J connectivity index is 1.84. The third-order valence-electron chi connectivity index (χ3n) is 3.12. The first-order valence-corrected chi connectivity index (χ1v) is 8.04. The average molecular weight is 324 g/mol. The molecule has 0 radical (unpaired) electrons. The van der Waals surface area contributed by atoms with E-state index in [0.29, 0.717) is 10.7 Å². The minimum absolute atomic E-state index is 0.0640. The van der Waals surface area contributed by atoms with Crippen LogP contribution >= 0.6 is 23.4 Å². The Bertz CT molecular complexity index is 627. The molecule has 1 fully saturated rings. The van der Waals surface area contributed by atoms with Crippen LogP contribution in [0.2, 0.25) is 5.02 Å². The van der Waals surface area contributed by atoms with Crippen LogP contribution in [-0.4, -0.2) is 44.8 Å². The van der Waals surface area contributed by atoms with Gasteiger partial charge in [-0.3, -0.25) is 4.79 Å². The van der Waals surface area contributed by atoms with E-state index in [2.05, 4.69) is 20.7 Å². The zero-order chi connectivity index (χ0) is 14.7. The SMILES string of the molecule is O=C(Nc1cc(Cl)ccc1-n1cncn1)C1CSCCN1. The van der Waals surface area contributed by atoms with Gasteiger partial charge in [-0.15, -0.1) is 0 Å². The standard InChI is InChI=1S/C13H14ClN5OS/c14-9-1-2-12(19-8-15-7-17-19)10(5-9)18-13(20)11-6-21-4-3-16-11/h1-2,5,7-8,11,16H,3-4,6H2,(H,18,20). The van der Waals surface area contributed by atoms with Gasteiger partial charge in [0, 0.05) is 23.1 Å². The maximum absolute atomic E-state index is 12.3. The zero-order valence-electron chi connectivity index (χ0n) is 11.1. The van der Waals surface area contributed by atoms with Gasteiger partial charge in [0.1, 0.15) is 12.7 Å². The molecule has 2 aromatic rings. The van der Waals surface area contributed by atoms with Crippen LogP contribution in [0.25, 0.3) is 5.69 Å². The first kappa shape index (κ1) is 14.4. The number of benzene rings is 1. The number of nitrogens with one attached hydrogen (secondary N) is 2. The molecule has 2 N–H and O–H groups in total. The number of nitrogens with zero attached hydrogens (tertiary/aromatic N) is 3. The molecule has 0 spiro atoms. The molecule has 1 aliphatic heterocycles. The lowest BCUT2D eigenvalue weighted by molar-refractivity contribution is -0.117. The molecule has 2 heterocycles. The average Bonchev–Trinajstić information content (AvgIpc) is 3.02. The fourth-order valence-electron chi connectivity index (χ4n) is 2.09. The van der Waals surface area contributed by atoms with Crippen LogP contribution in [0.5, 0.6) is 0 Å². The molecule has 1 amide bonds. The third-order valence-corrected chi connectivity index (χ3v) is 4.42. The van der Waals surface area contributed by atoms with E-state index in [0.717, 1.165) is 23.7 Å². The first-order chi connectivity index (χ1) is 10.2. The Morgan fingerprint density at radius 2 is 2.43 bits per heavy atom. The lowest BCUT2D eigenvalue weighted by Gasteiger charge is -2.22. The summed E-state index contributed by atoms with van der Waals surface area (Å²) in [6, 6.07) is 5.08. The molecule has 1 aromatic heterocycles. The molecular weight excluding hydrogens is 310 g/mol. The second kappa shape index (κ2) is 6.46. The summed E-state index contributed by atoms with van der Waals surface area (Å²) in [6.45, 7) is 0.842. The highest BCUT2D eigenvalue weighted by Crippen LogP contribution is 2.24. The van der Waals surface area contributed by atoms with Gasteiger partial charge in [-0.2, -0.15) is 16.9 Å². The van der Waals surface area contributed by atoms with E-state index in [-0.39, 0.29) is 11.9 Å². The lowest BCUT2D eigenvalue weighted by atomic mass is 10.2. The maximum Gasteiger partial charge on any atom is 0.242 e. The van der Waals surface area contributed by atoms with Gasteiger partial charge in [0.25, 0.3) is 0 Å². The Hall–Kier alpha value is -1.57. The van der Waals surface area contributed by atoms with Gasteiger partial charge in [0.15, 0.2) is 0 Å². The van der Waals surface area contributed by atoms with Gasteiger partial charge < -0.3 is 10.6 Å². The van der Waals surface area contributed by atoms with Crippen LogP contribution in [-0.2, 0) is 4.79 Å². The van der Waals surface area contributed by atoms with Crippen LogP contribution in [0.15, 0.2) is 30.9 Å². The number of aromatic nitrogens is 3. The number of anilines is 1. The van der Waals surface area contributed by atoms with Crippen LogP contribution in [0, 0.1) is 0 Å². The molecule has 0 saturated carbocycles. The van der Waals surface area contributed by atoms with Crippen LogP contribution < -0.4 is 10.6 Å². The highest BCUT2D eigenvalue weighted by atomic mass is 35.5. The minimum Gasteiger partial charge on any atom is -0.323 e. The quantitative estimate of drug-likeness (QED) is 0.897. The monoisotopic (exact) mass is 323 g/mol. The number of halogens is 1. The molecule has 110 valence electrons. The zero-order valence-corrected chi connectivity index (χ0v) is 12.7. The number of rotatable bonds is 3. The molecular formula is C13H14ClN5OS. The normalized spacial score (nSPS) is 18.4. The van der Waals surface area contributed by atoms with Crippen molar-refractivity contribution in [3.05, 3.63) is 35.9 Å². The van der Waals surface area contributed by atoms with E-state index in [1.54, 1.807) is 41.0 Å². The highest BCUT2D eigenvalue weighted by molar-refractivity contribution is 7.99. The van der Waals surface area contributed by atoms with Crippen molar-refractivity contribution in [1.29, 1.82) is 0 Å². The largest absolute Gasteiger partial charge is 0.323 e. The molecule has 21 heavy (non-hydrogen) atoms. The summed E-state index contributed by atoms with van der Waals surface area (Å²) < 4.78 is 1.59. The van der Waals surface area contributed by atoms with Crippen molar-refractivity contribution in [3.8, 4) is 5.69 Å². The summed E-state index contributed by atoms with van der Waals surface area (Å²) in [7, 11) is 0. The number of thioether (sulfide) groups is 1. The Morgan fingerprint density at radius 1 is 1.52 bits per heavy atom. The van der Waals surface area contributed by atoms with Crippen molar-refractivity contribution in [2.24, 2.45) is 0 Å². The minimum atomic E-state index is -0.189. The molecule has 0 aliphatic carbocycles. The second-order valence-electron chi connectivity index (χ2n) is 4.57. The van der Waals surface area contributed by atoms with E-state index in [1.807, 2.05) is 0 Å². The molecule has 3 rings (SSSR count). The first-order valence-electron chi connectivity index (χ1n) is 6.50. The summed E-state index contributed by atoms with van der Waals surface area (Å²) >= 11 is 7.80. The fourth-order valence-corrected chi connectivity index (χ4v) is 3.20. The van der Waals surface area contributed by atoms with Crippen molar-refractivity contribution in [2.75, 3.05) is 23.4 Å². The molecule has 1 aromatic carbocycles. The van der Waals surface area contributed by atoms with Crippen molar-refractivity contribution in [3.63, 3.8) is 0 Å². The van der Waals surface area contributed by atoms with Crippen LogP contribution in [0.4, 0.5) is 5.69 Å². The Labute approximate surface area is 131 Å². The molecule has 1 aliphatic rings. The predicted octanol–water partition coefficient (Wildman–Crippen LogP) is 1.56. The summed E-state index contributed by atoms with van der Waals surface area (Å²) in [5.41, 5.74) is 1.35. The predicted molar refractivity (Wildman–Crippen MR) is 84.1 cm³/mol. The molecule has 8 heteroatoms. The summed E-state index contributed by atoms with van der Waals surface area (Å²) in [5.74, 6) is 1.74. The summed E-state index contributed by atoms with van der Waals surface area (Å²) in [5, 5.41) is 10.8. The summed E-state index contributed by atoms with van der Waals surface area (Å²) in [4.78, 5) is 16.2. The van der Waals surface area contributed by atoms with Crippen LogP contribution in [0.1, 0.15) is 0 Å². The molecule has 1 unspecified atom stereocenters. The van der Waals surface area contributed by atoms with Gasteiger partial charge in [-0.1, -0.05) is 11.6 Å². The van der Waals surface area contributed by atoms with Crippen LogP contribution in [0.3, 0.4) is 0 Å². The van der Waals surface area contributed by atoms with Crippen molar-refractivity contribution in [2.45, 2.75) is 6.04 Å². The number of carbonyl (C=O) groups excluding carboxylic acids is 1. The number of hydrogen-bond acceptors (Lipinski definition) is 5. The van der Waals surface area contributed by atoms with Gasteiger partial charge >= 0.3 is 0 Å². The molecule has 0 bridgehead atoms. The number of carbonyl (C=O) groups is 1. The molecule has 6 nitrogen and oxygen atoms in total. The van der Waals surface area contributed by atoms with Gasteiger partial charge in [-0.05, 0) is 18.2 Å². The van der Waals surface area contributed by atoms with E-state index in [4.69, 9.17) is 11.6 Å². The second-order valence-corrected chi connectivity index (χ2v) is 6.16. The Kier molecular flexibility index (Phi) is 4.42. The van der Waals surface area contributed by atoms with E-state index in [9.17, 15) is 4.79 Å². The smallest absolute Gasteiger partial charge is 0.242 e. The topological polar surface area (TPSA) is 71.8 Å². The van der Waals surface area contributed by atoms with E-state index in [1.165, 1.54) is 6.33 Å². The molecule has 1 atom stereocenters. The fraction of sp³-hybridized carbons (Fsp3) is 0.308. The Morgan fingerprint density at radius 3 is 3.14 bits per heavy atom. The van der Waals surface area contributed by atoms with Gasteiger partial charge in [0.05, 0.1) is 17.4 Å². The highest BCUT2D eigenvalue weighted by Gasteiger charge is 2.22. The van der Waals surface area contributed by atoms with Gasteiger partial charge in [0.2, 0.25) is 5.91 Å². The number of hydrogen-bond donors (Lipinski definition) is 2. The van der Waals surface area contributed by atoms with Gasteiger partial charge in [-0.25, -0.2) is 9.67 Å². The third kappa shape index (κ3) is 3.37. The summed E-state index contributed by atoms with van der Waals surface area (Å²) in [6.07, 6.45) is 3.02.